The maximum absolute atomic E-state index is 13.6. The van der Waals surface area contributed by atoms with Crippen LogP contribution < -0.4 is 4.90 Å². The molecule has 36 heavy (non-hydrogen) atoms. The van der Waals surface area contributed by atoms with Gasteiger partial charge < -0.3 is 9.64 Å². The van der Waals surface area contributed by atoms with E-state index >= 15 is 0 Å². The first kappa shape index (κ1) is 28.1. The summed E-state index contributed by atoms with van der Waals surface area (Å²) in [6, 6.07) is 19.7. The van der Waals surface area contributed by atoms with Crippen LogP contribution in [0.25, 0.3) is 0 Å². The lowest BCUT2D eigenvalue weighted by molar-refractivity contribution is 0.00643. The van der Waals surface area contributed by atoms with Gasteiger partial charge in [0.1, 0.15) is 5.60 Å². The molecule has 0 radical (unpaired) electrons. The van der Waals surface area contributed by atoms with Crippen LogP contribution in [0.5, 0.6) is 0 Å². The molecule has 0 spiro atoms. The Kier molecular flexibility index (Phi) is 7.89. The van der Waals surface area contributed by atoms with Gasteiger partial charge in [-0.05, 0) is 103 Å². The summed E-state index contributed by atoms with van der Waals surface area (Å²) in [5.41, 5.74) is 4.14. The number of anilines is 3. The van der Waals surface area contributed by atoms with Crippen LogP contribution in [0.1, 0.15) is 83.8 Å². The third kappa shape index (κ3) is 6.63. The highest BCUT2D eigenvalue weighted by molar-refractivity contribution is 6.31. The number of benzene rings is 3. The number of carbonyl (C=O) groups is 1. The average Bonchev–Trinajstić information content (AvgIpc) is 2.73. The highest BCUT2D eigenvalue weighted by atomic mass is 35.5. The van der Waals surface area contributed by atoms with Crippen LogP contribution in [-0.4, -0.2) is 11.6 Å². The van der Waals surface area contributed by atoms with Crippen LogP contribution in [0.3, 0.4) is 0 Å². The Balaban J connectivity index is 2.38. The molecule has 3 aromatic carbocycles. The molecule has 0 aromatic heterocycles. The zero-order valence-electron chi connectivity index (χ0n) is 22.8. The lowest BCUT2D eigenvalue weighted by Gasteiger charge is -2.34. The molecule has 0 fully saturated rings. The summed E-state index contributed by atoms with van der Waals surface area (Å²) in [6.07, 6.45) is 0. The molecular formula is C31H37Cl2NO2. The molecule has 0 saturated heterocycles. The van der Waals surface area contributed by atoms with E-state index in [9.17, 15) is 4.79 Å². The molecule has 0 heterocycles. The minimum absolute atomic E-state index is 0.298. The Morgan fingerprint density at radius 3 is 1.31 bits per heavy atom. The second kappa shape index (κ2) is 10.1. The summed E-state index contributed by atoms with van der Waals surface area (Å²) in [7, 11) is 0. The van der Waals surface area contributed by atoms with Crippen LogP contribution in [0.15, 0.2) is 60.7 Å². The van der Waals surface area contributed by atoms with Crippen molar-refractivity contribution in [1.29, 1.82) is 0 Å². The van der Waals surface area contributed by atoms with E-state index in [4.69, 9.17) is 27.9 Å². The summed E-state index contributed by atoms with van der Waals surface area (Å²) in [5, 5.41) is 1.33. The number of hydrogen-bond donors (Lipinski definition) is 0. The molecule has 0 bridgehead atoms. The number of nitrogens with zero attached hydrogens (tertiary/aromatic N) is 1. The first-order valence-corrected chi connectivity index (χ1v) is 13.0. The molecule has 3 nitrogen and oxygen atoms in total. The topological polar surface area (TPSA) is 29.5 Å². The van der Waals surface area contributed by atoms with E-state index in [0.29, 0.717) is 15.6 Å². The standard InChI is InChI=1S/C31H37Cl2NO2/c1-29(2,3)25-18-24(19-26(30(4,5)6)27(25)28(35)36-31(7,8)9)34(22-14-10-20(32)11-15-22)23-16-12-21(33)13-17-23/h10-19H,1-9H3. The number of halogens is 2. The fourth-order valence-electron chi connectivity index (χ4n) is 4.12. The average molecular weight is 527 g/mol. The third-order valence-electron chi connectivity index (χ3n) is 5.77. The van der Waals surface area contributed by atoms with Crippen molar-refractivity contribution in [2.75, 3.05) is 4.90 Å². The van der Waals surface area contributed by atoms with Crippen molar-refractivity contribution in [3.63, 3.8) is 0 Å². The number of ether oxygens (including phenoxy) is 1. The minimum Gasteiger partial charge on any atom is -0.456 e. The van der Waals surface area contributed by atoms with Crippen LogP contribution in [0.2, 0.25) is 10.0 Å². The van der Waals surface area contributed by atoms with E-state index in [-0.39, 0.29) is 16.8 Å². The highest BCUT2D eigenvalue weighted by Gasteiger charge is 2.33. The summed E-state index contributed by atoms with van der Waals surface area (Å²) >= 11 is 12.4. The van der Waals surface area contributed by atoms with Crippen LogP contribution in [-0.2, 0) is 15.6 Å². The SMILES string of the molecule is CC(C)(C)OC(=O)c1c(C(C)(C)C)cc(N(c2ccc(Cl)cc2)c2ccc(Cl)cc2)cc1C(C)(C)C. The normalized spacial score (nSPS) is 12.4. The summed E-state index contributed by atoms with van der Waals surface area (Å²) in [4.78, 5) is 15.8. The van der Waals surface area contributed by atoms with E-state index < -0.39 is 5.60 Å². The molecule has 0 atom stereocenters. The van der Waals surface area contributed by atoms with Crippen molar-refractivity contribution in [2.45, 2.75) is 78.7 Å². The number of carbonyl (C=O) groups excluding carboxylic acids is 1. The van der Waals surface area contributed by atoms with Gasteiger partial charge in [-0.15, -0.1) is 0 Å². The van der Waals surface area contributed by atoms with Crippen molar-refractivity contribution in [2.24, 2.45) is 0 Å². The van der Waals surface area contributed by atoms with Crippen molar-refractivity contribution >= 4 is 46.2 Å². The predicted molar refractivity (Wildman–Crippen MR) is 154 cm³/mol. The van der Waals surface area contributed by atoms with Gasteiger partial charge in [0.15, 0.2) is 0 Å². The smallest absolute Gasteiger partial charge is 0.339 e. The number of esters is 1. The molecule has 192 valence electrons. The second-order valence-electron chi connectivity index (χ2n) is 12.2. The molecule has 3 rings (SSSR count). The number of rotatable bonds is 4. The first-order valence-electron chi connectivity index (χ1n) is 12.2. The molecule has 0 unspecified atom stereocenters. The van der Waals surface area contributed by atoms with Crippen molar-refractivity contribution in [1.82, 2.24) is 0 Å². The Morgan fingerprint density at radius 1 is 0.639 bits per heavy atom. The van der Waals surface area contributed by atoms with Crippen LogP contribution in [0, 0.1) is 0 Å². The first-order chi connectivity index (χ1) is 16.5. The van der Waals surface area contributed by atoms with Crippen LogP contribution >= 0.6 is 23.2 Å². The fraction of sp³-hybridized carbons (Fsp3) is 0.387. The zero-order chi connectivity index (χ0) is 27.1. The summed E-state index contributed by atoms with van der Waals surface area (Å²) in [6.45, 7) is 18.5. The monoisotopic (exact) mass is 525 g/mol. The molecular weight excluding hydrogens is 489 g/mol. The van der Waals surface area contributed by atoms with Gasteiger partial charge in [0.05, 0.1) is 5.56 Å². The summed E-state index contributed by atoms with van der Waals surface area (Å²) in [5.74, 6) is -0.298. The van der Waals surface area contributed by atoms with E-state index in [0.717, 1.165) is 28.2 Å². The Hall–Kier alpha value is -2.49. The fourth-order valence-corrected chi connectivity index (χ4v) is 4.37. The zero-order valence-corrected chi connectivity index (χ0v) is 24.3. The van der Waals surface area contributed by atoms with Crippen LogP contribution in [0.4, 0.5) is 17.1 Å². The van der Waals surface area contributed by atoms with Gasteiger partial charge in [-0.1, -0.05) is 64.7 Å². The Bertz CT molecular complexity index is 1150. The Labute approximate surface area is 226 Å². The maximum atomic E-state index is 13.6. The molecule has 0 aliphatic rings. The molecule has 0 amide bonds. The van der Waals surface area contributed by atoms with E-state index in [1.165, 1.54) is 0 Å². The van der Waals surface area contributed by atoms with Crippen molar-refractivity contribution in [3.8, 4) is 0 Å². The molecule has 5 heteroatoms. The molecule has 0 N–H and O–H groups in total. The van der Waals surface area contributed by atoms with Crippen molar-refractivity contribution < 1.29 is 9.53 Å². The van der Waals surface area contributed by atoms with E-state index in [1.54, 1.807) is 0 Å². The van der Waals surface area contributed by atoms with Gasteiger partial charge in [-0.25, -0.2) is 4.79 Å². The molecule has 0 saturated carbocycles. The summed E-state index contributed by atoms with van der Waals surface area (Å²) < 4.78 is 5.91. The Morgan fingerprint density at radius 2 is 1.00 bits per heavy atom. The van der Waals surface area contributed by atoms with Crippen molar-refractivity contribution in [3.05, 3.63) is 87.4 Å². The van der Waals surface area contributed by atoms with E-state index in [2.05, 4.69) is 58.6 Å². The quantitative estimate of drug-likeness (QED) is 0.317. The van der Waals surface area contributed by atoms with Gasteiger partial charge >= 0.3 is 5.97 Å². The van der Waals surface area contributed by atoms with Gasteiger partial charge in [-0.3, -0.25) is 0 Å². The van der Waals surface area contributed by atoms with Gasteiger partial charge in [0, 0.05) is 27.1 Å². The molecule has 3 aromatic rings. The third-order valence-corrected chi connectivity index (χ3v) is 6.27. The van der Waals surface area contributed by atoms with Gasteiger partial charge in [0.25, 0.3) is 0 Å². The number of hydrogen-bond acceptors (Lipinski definition) is 3. The lowest BCUT2D eigenvalue weighted by Crippen LogP contribution is -2.30. The minimum atomic E-state index is -0.598. The molecule has 0 aliphatic heterocycles. The highest BCUT2D eigenvalue weighted by Crippen LogP contribution is 2.43. The predicted octanol–water partition coefficient (Wildman–Crippen LogP) is 10.0. The largest absolute Gasteiger partial charge is 0.456 e. The van der Waals surface area contributed by atoms with Gasteiger partial charge in [0.2, 0.25) is 0 Å². The molecule has 0 aliphatic carbocycles. The maximum Gasteiger partial charge on any atom is 0.339 e. The van der Waals surface area contributed by atoms with Gasteiger partial charge in [-0.2, -0.15) is 0 Å². The second-order valence-corrected chi connectivity index (χ2v) is 13.1. The van der Waals surface area contributed by atoms with E-state index in [1.807, 2.05) is 69.3 Å². The lowest BCUT2D eigenvalue weighted by atomic mass is 9.75.